The highest BCUT2D eigenvalue weighted by Crippen LogP contribution is 2.18. The summed E-state index contributed by atoms with van der Waals surface area (Å²) in [6.07, 6.45) is 1.22. The first-order valence-corrected chi connectivity index (χ1v) is 6.82. The highest BCUT2D eigenvalue weighted by molar-refractivity contribution is 9.10. The van der Waals surface area contributed by atoms with E-state index in [1.54, 1.807) is 36.4 Å². The number of benzene rings is 2. The molecule has 0 atom stereocenters. The van der Waals surface area contributed by atoms with Crippen molar-refractivity contribution in [3.05, 3.63) is 70.0 Å². The van der Waals surface area contributed by atoms with E-state index >= 15 is 0 Å². The molecule has 0 saturated carbocycles. The van der Waals surface area contributed by atoms with E-state index in [0.717, 1.165) is 0 Å². The van der Waals surface area contributed by atoms with Gasteiger partial charge in [0.05, 0.1) is 0 Å². The monoisotopic (exact) mass is 344 g/mol. The average Bonchev–Trinajstić information content (AvgIpc) is 2.49. The Hall–Kier alpha value is -2.45. The molecule has 21 heavy (non-hydrogen) atoms. The van der Waals surface area contributed by atoms with Gasteiger partial charge in [-0.05, 0) is 36.4 Å². The van der Waals surface area contributed by atoms with Crippen molar-refractivity contribution in [3.63, 3.8) is 0 Å². The van der Waals surface area contributed by atoms with E-state index in [4.69, 9.17) is 5.26 Å². The van der Waals surface area contributed by atoms with E-state index in [9.17, 15) is 9.18 Å². The van der Waals surface area contributed by atoms with Crippen molar-refractivity contribution in [1.29, 1.82) is 5.26 Å². The second-order valence-electron chi connectivity index (χ2n) is 4.16. The topological polar surface area (TPSA) is 52.9 Å². The van der Waals surface area contributed by atoms with Crippen LogP contribution in [0.1, 0.15) is 5.56 Å². The number of halogens is 2. The molecule has 104 valence electrons. The minimum atomic E-state index is -0.580. The molecule has 3 nitrogen and oxygen atoms in total. The molecule has 0 spiro atoms. The number of hydrogen-bond acceptors (Lipinski definition) is 2. The van der Waals surface area contributed by atoms with Crippen molar-refractivity contribution >= 4 is 33.6 Å². The number of para-hydroxylation sites is 1. The molecule has 2 rings (SSSR count). The number of rotatable bonds is 3. The summed E-state index contributed by atoms with van der Waals surface area (Å²) in [5, 5.41) is 11.7. The molecule has 0 aromatic heterocycles. The van der Waals surface area contributed by atoms with Crippen molar-refractivity contribution in [2.24, 2.45) is 0 Å². The number of carbonyl (C=O) groups excluding carboxylic acids is 1. The molecule has 0 fully saturated rings. The maximum atomic E-state index is 13.7. The van der Waals surface area contributed by atoms with E-state index in [-0.39, 0.29) is 11.1 Å². The third kappa shape index (κ3) is 4.01. The maximum Gasteiger partial charge on any atom is 0.266 e. The quantitative estimate of drug-likeness (QED) is 0.672. The van der Waals surface area contributed by atoms with Gasteiger partial charge in [-0.2, -0.15) is 5.26 Å². The minimum Gasteiger partial charge on any atom is -0.321 e. The second-order valence-corrected chi connectivity index (χ2v) is 5.07. The van der Waals surface area contributed by atoms with Gasteiger partial charge in [0.15, 0.2) is 0 Å². The van der Waals surface area contributed by atoms with E-state index < -0.39 is 11.7 Å². The molecule has 0 bridgehead atoms. The van der Waals surface area contributed by atoms with Crippen LogP contribution in [0.25, 0.3) is 6.08 Å². The van der Waals surface area contributed by atoms with E-state index in [0.29, 0.717) is 10.2 Å². The first-order valence-electron chi connectivity index (χ1n) is 6.03. The van der Waals surface area contributed by atoms with Crippen LogP contribution in [0.2, 0.25) is 0 Å². The smallest absolute Gasteiger partial charge is 0.266 e. The lowest BCUT2D eigenvalue weighted by Crippen LogP contribution is -2.13. The van der Waals surface area contributed by atoms with Crippen molar-refractivity contribution in [3.8, 4) is 6.07 Å². The van der Waals surface area contributed by atoms with Crippen LogP contribution in [0, 0.1) is 17.1 Å². The Kier molecular flexibility index (Phi) is 4.85. The zero-order valence-electron chi connectivity index (χ0n) is 10.8. The number of anilines is 1. The Morgan fingerprint density at radius 1 is 1.24 bits per heavy atom. The van der Waals surface area contributed by atoms with E-state index in [1.165, 1.54) is 18.2 Å². The molecule has 0 radical (unpaired) electrons. The Balaban J connectivity index is 2.27. The zero-order valence-corrected chi connectivity index (χ0v) is 12.4. The third-order valence-corrected chi connectivity index (χ3v) is 3.15. The number of nitrogens with zero attached hydrogens (tertiary/aromatic N) is 1. The molecule has 0 unspecified atom stereocenters. The van der Waals surface area contributed by atoms with Crippen molar-refractivity contribution in [2.75, 3.05) is 5.32 Å². The van der Waals surface area contributed by atoms with Crippen LogP contribution in [0.3, 0.4) is 0 Å². The van der Waals surface area contributed by atoms with Crippen LogP contribution < -0.4 is 5.32 Å². The fraction of sp³-hybridized carbons (Fsp3) is 0. The van der Waals surface area contributed by atoms with Crippen molar-refractivity contribution < 1.29 is 9.18 Å². The summed E-state index contributed by atoms with van der Waals surface area (Å²) in [5.74, 6) is -1.08. The number of nitrogens with one attached hydrogen (secondary N) is 1. The first-order chi connectivity index (χ1) is 10.1. The summed E-state index contributed by atoms with van der Waals surface area (Å²) in [5.41, 5.74) is 0.568. The van der Waals surface area contributed by atoms with Gasteiger partial charge >= 0.3 is 0 Å². The summed E-state index contributed by atoms with van der Waals surface area (Å²) in [7, 11) is 0. The minimum absolute atomic E-state index is 0.170. The van der Waals surface area contributed by atoms with Crippen LogP contribution in [0.4, 0.5) is 10.1 Å². The van der Waals surface area contributed by atoms with Gasteiger partial charge in [0, 0.05) is 15.7 Å². The third-order valence-electron chi connectivity index (χ3n) is 2.65. The standard InChI is InChI=1S/C16H10BrFN2O/c17-13-6-7-15(18)11(9-13)8-12(10-19)16(21)20-14-4-2-1-3-5-14/h1-9H,(H,20,21)/b12-8+. The largest absolute Gasteiger partial charge is 0.321 e. The number of amides is 1. The van der Waals surface area contributed by atoms with Gasteiger partial charge < -0.3 is 5.32 Å². The number of carbonyl (C=O) groups is 1. The second kappa shape index (κ2) is 6.82. The summed E-state index contributed by atoms with van der Waals surface area (Å²) in [4.78, 5) is 12.0. The highest BCUT2D eigenvalue weighted by Gasteiger charge is 2.11. The van der Waals surface area contributed by atoms with Crippen molar-refractivity contribution in [2.45, 2.75) is 0 Å². The Morgan fingerprint density at radius 2 is 1.95 bits per heavy atom. The SMILES string of the molecule is N#C/C(=C\c1cc(Br)ccc1F)C(=O)Nc1ccccc1. The maximum absolute atomic E-state index is 13.7. The Morgan fingerprint density at radius 3 is 2.62 bits per heavy atom. The highest BCUT2D eigenvalue weighted by atomic mass is 79.9. The lowest BCUT2D eigenvalue weighted by Gasteiger charge is -2.04. The van der Waals surface area contributed by atoms with Gasteiger partial charge in [0.25, 0.3) is 5.91 Å². The normalized spacial score (nSPS) is 10.8. The van der Waals surface area contributed by atoms with Crippen LogP contribution in [-0.2, 0) is 4.79 Å². The van der Waals surface area contributed by atoms with Crippen molar-refractivity contribution in [1.82, 2.24) is 0 Å². The summed E-state index contributed by atoms with van der Waals surface area (Å²) in [6.45, 7) is 0. The van der Waals surface area contributed by atoms with Gasteiger partial charge in [0.1, 0.15) is 17.5 Å². The molecule has 1 N–H and O–H groups in total. The molecule has 0 heterocycles. The van der Waals surface area contributed by atoms with Crippen LogP contribution >= 0.6 is 15.9 Å². The number of nitriles is 1. The summed E-state index contributed by atoms with van der Waals surface area (Å²) in [6, 6.07) is 14.8. The molecule has 0 aliphatic carbocycles. The van der Waals surface area contributed by atoms with E-state index in [1.807, 2.05) is 6.07 Å². The molecule has 0 saturated heterocycles. The molecule has 2 aromatic carbocycles. The molecule has 2 aromatic rings. The summed E-state index contributed by atoms with van der Waals surface area (Å²) >= 11 is 3.22. The molecule has 1 amide bonds. The molecule has 0 aliphatic heterocycles. The molecule has 5 heteroatoms. The molecular weight excluding hydrogens is 335 g/mol. The molecular formula is C16H10BrFN2O. The summed E-state index contributed by atoms with van der Waals surface area (Å²) < 4.78 is 14.3. The van der Waals surface area contributed by atoms with Crippen LogP contribution in [-0.4, -0.2) is 5.91 Å². The van der Waals surface area contributed by atoms with Gasteiger partial charge in [0.2, 0.25) is 0 Å². The van der Waals surface area contributed by atoms with Gasteiger partial charge in [-0.1, -0.05) is 34.1 Å². The fourth-order valence-corrected chi connectivity index (χ4v) is 2.03. The number of hydrogen-bond donors (Lipinski definition) is 1. The van der Waals surface area contributed by atoms with Gasteiger partial charge in [-0.25, -0.2) is 4.39 Å². The lowest BCUT2D eigenvalue weighted by atomic mass is 10.1. The molecule has 0 aliphatic rings. The first kappa shape index (κ1) is 14.9. The van der Waals surface area contributed by atoms with Gasteiger partial charge in [-0.3, -0.25) is 4.79 Å². The van der Waals surface area contributed by atoms with Crippen LogP contribution in [0.5, 0.6) is 0 Å². The van der Waals surface area contributed by atoms with Gasteiger partial charge in [-0.15, -0.1) is 0 Å². The van der Waals surface area contributed by atoms with Crippen LogP contribution in [0.15, 0.2) is 58.6 Å². The predicted molar refractivity (Wildman–Crippen MR) is 82.8 cm³/mol. The Labute approximate surface area is 129 Å². The van der Waals surface area contributed by atoms with E-state index in [2.05, 4.69) is 21.2 Å². The zero-order chi connectivity index (χ0) is 15.2. The Bertz CT molecular complexity index is 736. The lowest BCUT2D eigenvalue weighted by molar-refractivity contribution is -0.112. The average molecular weight is 345 g/mol. The fourth-order valence-electron chi connectivity index (χ4n) is 1.65. The predicted octanol–water partition coefficient (Wildman–Crippen LogP) is 4.13.